The number of carboxylic acids is 1. The average Bonchev–Trinajstić information content (AvgIpc) is 2.45. The Morgan fingerprint density at radius 3 is 2.36 bits per heavy atom. The lowest BCUT2D eigenvalue weighted by molar-refractivity contribution is -0.385. The van der Waals surface area contributed by atoms with Crippen LogP contribution in [0.3, 0.4) is 0 Å². The van der Waals surface area contributed by atoms with Gasteiger partial charge < -0.3 is 10.0 Å². The molecule has 0 saturated carbocycles. The van der Waals surface area contributed by atoms with E-state index in [1.807, 2.05) is 13.8 Å². The maximum absolute atomic E-state index is 12.3. The first-order valence-corrected chi connectivity index (χ1v) is 6.91. The van der Waals surface area contributed by atoms with Crippen molar-refractivity contribution in [3.8, 4) is 0 Å². The van der Waals surface area contributed by atoms with Gasteiger partial charge in [-0.15, -0.1) is 0 Å². The van der Waals surface area contributed by atoms with Crippen molar-refractivity contribution in [2.45, 2.75) is 26.7 Å². The second kappa shape index (κ2) is 7.02. The number of carboxylic acid groups (broad SMARTS) is 1. The summed E-state index contributed by atoms with van der Waals surface area (Å²) in [5, 5.41) is 20.0. The van der Waals surface area contributed by atoms with Crippen molar-refractivity contribution >= 4 is 17.6 Å². The van der Waals surface area contributed by atoms with Crippen LogP contribution < -0.4 is 0 Å². The molecule has 0 spiro atoms. The maximum Gasteiger partial charge on any atom is 0.308 e. The molecule has 22 heavy (non-hydrogen) atoms. The number of hydrogen-bond donors (Lipinski definition) is 1. The standard InChI is InChI=1S/C15H20N2O5/c1-9(2)12-6-5-11(7-13(12)17(21)22)14(18)16(4)8-10(3)15(19)20/h5-7,9-10H,8H2,1-4H3,(H,19,20). The van der Waals surface area contributed by atoms with Crippen LogP contribution in [0.15, 0.2) is 18.2 Å². The minimum atomic E-state index is -0.999. The van der Waals surface area contributed by atoms with E-state index < -0.39 is 22.7 Å². The van der Waals surface area contributed by atoms with Crippen LogP contribution in [0.5, 0.6) is 0 Å². The summed E-state index contributed by atoms with van der Waals surface area (Å²) in [6.07, 6.45) is 0. The lowest BCUT2D eigenvalue weighted by Crippen LogP contribution is -2.33. The van der Waals surface area contributed by atoms with Gasteiger partial charge in [-0.25, -0.2) is 0 Å². The molecule has 1 aromatic carbocycles. The molecule has 1 amide bonds. The summed E-state index contributed by atoms with van der Waals surface area (Å²) < 4.78 is 0. The molecule has 0 aromatic heterocycles. The van der Waals surface area contributed by atoms with E-state index in [2.05, 4.69) is 0 Å². The number of nitro groups is 1. The first-order chi connectivity index (χ1) is 10.1. The van der Waals surface area contributed by atoms with Crippen LogP contribution in [-0.2, 0) is 4.79 Å². The fourth-order valence-electron chi connectivity index (χ4n) is 2.12. The SMILES string of the molecule is CC(CN(C)C(=O)c1ccc(C(C)C)c([N+](=O)[O-])c1)C(=O)O. The number of carbonyl (C=O) groups excluding carboxylic acids is 1. The van der Waals surface area contributed by atoms with Crippen LogP contribution >= 0.6 is 0 Å². The Balaban J connectivity index is 3.06. The van der Waals surface area contributed by atoms with Crippen LogP contribution in [0.2, 0.25) is 0 Å². The fourth-order valence-corrected chi connectivity index (χ4v) is 2.12. The zero-order valence-electron chi connectivity index (χ0n) is 13.1. The molecule has 1 unspecified atom stereocenters. The molecular formula is C15H20N2O5. The van der Waals surface area contributed by atoms with Gasteiger partial charge in [-0.2, -0.15) is 0 Å². The molecule has 0 bridgehead atoms. The Morgan fingerprint density at radius 1 is 1.32 bits per heavy atom. The summed E-state index contributed by atoms with van der Waals surface area (Å²) in [5.41, 5.74) is 0.639. The molecule has 1 aromatic rings. The van der Waals surface area contributed by atoms with E-state index in [1.54, 1.807) is 6.07 Å². The van der Waals surface area contributed by atoms with E-state index in [0.29, 0.717) is 5.56 Å². The average molecular weight is 308 g/mol. The topological polar surface area (TPSA) is 101 Å². The third-order valence-electron chi connectivity index (χ3n) is 3.41. The first kappa shape index (κ1) is 17.6. The van der Waals surface area contributed by atoms with E-state index >= 15 is 0 Å². The molecule has 120 valence electrons. The number of nitro benzene ring substituents is 1. The van der Waals surface area contributed by atoms with Gasteiger partial charge in [0.15, 0.2) is 0 Å². The fraction of sp³-hybridized carbons (Fsp3) is 0.467. The van der Waals surface area contributed by atoms with Gasteiger partial charge >= 0.3 is 5.97 Å². The Labute approximate surface area is 128 Å². The smallest absolute Gasteiger partial charge is 0.308 e. The second-order valence-electron chi connectivity index (χ2n) is 5.61. The number of hydrogen-bond acceptors (Lipinski definition) is 4. The number of carbonyl (C=O) groups is 2. The molecule has 1 rings (SSSR count). The predicted molar refractivity (Wildman–Crippen MR) is 80.9 cm³/mol. The number of nitrogens with zero attached hydrogens (tertiary/aromatic N) is 2. The molecule has 0 heterocycles. The third-order valence-corrected chi connectivity index (χ3v) is 3.41. The molecule has 1 N–H and O–H groups in total. The van der Waals surface area contributed by atoms with Crippen molar-refractivity contribution in [1.82, 2.24) is 4.90 Å². The highest BCUT2D eigenvalue weighted by atomic mass is 16.6. The molecule has 0 aliphatic heterocycles. The van der Waals surface area contributed by atoms with Crippen LogP contribution in [0.4, 0.5) is 5.69 Å². The molecule has 0 fully saturated rings. The third kappa shape index (κ3) is 4.03. The Hall–Kier alpha value is -2.44. The molecule has 0 aliphatic carbocycles. The van der Waals surface area contributed by atoms with Gasteiger partial charge in [-0.3, -0.25) is 19.7 Å². The molecule has 0 radical (unpaired) electrons. The van der Waals surface area contributed by atoms with Crippen LogP contribution in [0.25, 0.3) is 0 Å². The van der Waals surface area contributed by atoms with Gasteiger partial charge in [0.25, 0.3) is 11.6 Å². The van der Waals surface area contributed by atoms with E-state index in [1.165, 1.54) is 31.0 Å². The van der Waals surface area contributed by atoms with Crippen LogP contribution in [0.1, 0.15) is 42.6 Å². The molecule has 7 nitrogen and oxygen atoms in total. The Bertz CT molecular complexity index is 598. The van der Waals surface area contributed by atoms with Crippen LogP contribution in [0, 0.1) is 16.0 Å². The van der Waals surface area contributed by atoms with Crippen molar-refractivity contribution in [3.05, 3.63) is 39.4 Å². The van der Waals surface area contributed by atoms with Gasteiger partial charge in [0.2, 0.25) is 0 Å². The van der Waals surface area contributed by atoms with E-state index in [-0.39, 0.29) is 23.7 Å². The van der Waals surface area contributed by atoms with Gasteiger partial charge in [0.1, 0.15) is 0 Å². The number of aliphatic carboxylic acids is 1. The van der Waals surface area contributed by atoms with Crippen molar-refractivity contribution in [3.63, 3.8) is 0 Å². The molecule has 1 atom stereocenters. The molecule has 0 aliphatic rings. The quantitative estimate of drug-likeness (QED) is 0.642. The van der Waals surface area contributed by atoms with Gasteiger partial charge in [-0.05, 0) is 12.0 Å². The number of amides is 1. The van der Waals surface area contributed by atoms with Gasteiger partial charge in [0.05, 0.1) is 10.8 Å². The van der Waals surface area contributed by atoms with Crippen molar-refractivity contribution < 1.29 is 19.6 Å². The first-order valence-electron chi connectivity index (χ1n) is 6.91. The van der Waals surface area contributed by atoms with E-state index in [4.69, 9.17) is 5.11 Å². The van der Waals surface area contributed by atoms with Crippen molar-refractivity contribution in [2.75, 3.05) is 13.6 Å². The normalized spacial score (nSPS) is 12.0. The monoisotopic (exact) mass is 308 g/mol. The van der Waals surface area contributed by atoms with E-state index in [9.17, 15) is 19.7 Å². The highest BCUT2D eigenvalue weighted by Gasteiger charge is 2.22. The summed E-state index contributed by atoms with van der Waals surface area (Å²) in [7, 11) is 1.48. The second-order valence-corrected chi connectivity index (χ2v) is 5.61. The minimum Gasteiger partial charge on any atom is -0.481 e. The highest BCUT2D eigenvalue weighted by Crippen LogP contribution is 2.27. The molecule has 7 heteroatoms. The van der Waals surface area contributed by atoms with E-state index in [0.717, 1.165) is 0 Å². The molecule has 0 saturated heterocycles. The summed E-state index contributed by atoms with van der Waals surface area (Å²) in [5.74, 6) is -2.18. The highest BCUT2D eigenvalue weighted by molar-refractivity contribution is 5.95. The predicted octanol–water partition coefficient (Wildman–Crippen LogP) is 2.51. The number of rotatable bonds is 6. The Kier molecular flexibility index (Phi) is 5.62. The summed E-state index contributed by atoms with van der Waals surface area (Å²) in [6.45, 7) is 5.21. The summed E-state index contributed by atoms with van der Waals surface area (Å²) >= 11 is 0. The van der Waals surface area contributed by atoms with Gasteiger partial charge in [0, 0.05) is 30.8 Å². The zero-order valence-corrected chi connectivity index (χ0v) is 13.1. The zero-order chi connectivity index (χ0) is 17.0. The van der Waals surface area contributed by atoms with Crippen molar-refractivity contribution in [1.29, 1.82) is 0 Å². The molecular weight excluding hydrogens is 288 g/mol. The lowest BCUT2D eigenvalue weighted by atomic mass is 9.99. The van der Waals surface area contributed by atoms with Crippen LogP contribution in [-0.4, -0.2) is 40.4 Å². The largest absolute Gasteiger partial charge is 0.481 e. The van der Waals surface area contributed by atoms with Gasteiger partial charge in [-0.1, -0.05) is 26.8 Å². The Morgan fingerprint density at radius 2 is 1.91 bits per heavy atom. The minimum absolute atomic E-state index is 0.0330. The maximum atomic E-state index is 12.3. The lowest BCUT2D eigenvalue weighted by Gasteiger charge is -2.19. The van der Waals surface area contributed by atoms with Crippen molar-refractivity contribution in [2.24, 2.45) is 5.92 Å². The number of benzene rings is 1. The summed E-state index contributed by atoms with van der Waals surface area (Å²) in [4.78, 5) is 35.0. The summed E-state index contributed by atoms with van der Waals surface area (Å²) in [6, 6.07) is 4.36.